The van der Waals surface area contributed by atoms with Crippen molar-refractivity contribution in [1.29, 1.82) is 0 Å². The van der Waals surface area contributed by atoms with Crippen molar-refractivity contribution in [2.75, 3.05) is 18.8 Å². The van der Waals surface area contributed by atoms with Crippen LogP contribution < -0.4 is 10.6 Å². The number of thiol groups is 1. The number of carbonyl (C=O) groups excluding carboxylic acids is 3. The Hall–Kier alpha value is -2.42. The zero-order valence-corrected chi connectivity index (χ0v) is 23.4. The standard InChI is InChI=1S/C27H45N3O5S/c1-6-8-10-14-18-30(25(33)21(19-36)29-26(34)35-27(3,4)5)23(20-15-11-12-16-22(20)31)24(32)28-17-13-9-7-2/h11-12,15-16,21,23,31,36H,6-10,13-14,17-19H2,1-5H3,(H,28,32)(H,29,34). The van der Waals surface area contributed by atoms with E-state index in [1.54, 1.807) is 39.0 Å². The molecule has 0 saturated carbocycles. The highest BCUT2D eigenvalue weighted by Crippen LogP contribution is 2.30. The summed E-state index contributed by atoms with van der Waals surface area (Å²) in [5.74, 6) is -0.870. The predicted octanol–water partition coefficient (Wildman–Crippen LogP) is 4.97. The van der Waals surface area contributed by atoms with Gasteiger partial charge >= 0.3 is 6.09 Å². The van der Waals surface area contributed by atoms with Gasteiger partial charge in [0.2, 0.25) is 11.8 Å². The number of para-hydroxylation sites is 1. The second-order valence-electron chi connectivity index (χ2n) is 9.93. The zero-order chi connectivity index (χ0) is 27.1. The number of nitrogens with one attached hydrogen (secondary N) is 2. The molecule has 1 aromatic carbocycles. The summed E-state index contributed by atoms with van der Waals surface area (Å²) in [5.41, 5.74) is -0.394. The molecule has 0 aromatic heterocycles. The molecule has 0 bridgehead atoms. The van der Waals surface area contributed by atoms with Gasteiger partial charge < -0.3 is 25.4 Å². The van der Waals surface area contributed by atoms with Crippen molar-refractivity contribution >= 4 is 30.5 Å². The minimum atomic E-state index is -1.05. The first kappa shape index (κ1) is 31.6. The van der Waals surface area contributed by atoms with E-state index in [1.807, 2.05) is 0 Å². The van der Waals surface area contributed by atoms with Crippen molar-refractivity contribution in [1.82, 2.24) is 15.5 Å². The SMILES string of the molecule is CCCCCCN(C(=O)C(CS)NC(=O)OC(C)(C)C)C(C(=O)NCCCCC)c1ccccc1O. The van der Waals surface area contributed by atoms with Gasteiger partial charge in [0.05, 0.1) is 0 Å². The molecule has 0 spiro atoms. The molecule has 9 heteroatoms. The summed E-state index contributed by atoms with van der Waals surface area (Å²) in [6, 6.07) is 4.49. The quantitative estimate of drug-likeness (QED) is 0.192. The summed E-state index contributed by atoms with van der Waals surface area (Å²) in [7, 11) is 0. The highest BCUT2D eigenvalue weighted by molar-refractivity contribution is 7.80. The van der Waals surface area contributed by atoms with Crippen LogP contribution in [0.2, 0.25) is 0 Å². The van der Waals surface area contributed by atoms with E-state index in [0.717, 1.165) is 38.5 Å². The zero-order valence-electron chi connectivity index (χ0n) is 22.5. The molecule has 2 unspecified atom stereocenters. The lowest BCUT2D eigenvalue weighted by molar-refractivity contribution is -0.142. The third-order valence-corrected chi connectivity index (χ3v) is 5.94. The second kappa shape index (κ2) is 16.3. The molecular formula is C27H45N3O5S. The van der Waals surface area contributed by atoms with Crippen molar-refractivity contribution < 1.29 is 24.2 Å². The van der Waals surface area contributed by atoms with Gasteiger partial charge in [-0.2, -0.15) is 12.6 Å². The summed E-state index contributed by atoms with van der Waals surface area (Å²) in [4.78, 5) is 41.1. The largest absolute Gasteiger partial charge is 0.508 e. The van der Waals surface area contributed by atoms with E-state index < -0.39 is 29.7 Å². The average Bonchev–Trinajstić information content (AvgIpc) is 2.81. The first-order valence-corrected chi connectivity index (χ1v) is 13.6. The summed E-state index contributed by atoms with van der Waals surface area (Å²) in [5, 5.41) is 16.2. The van der Waals surface area contributed by atoms with Crippen LogP contribution in [0.3, 0.4) is 0 Å². The fraction of sp³-hybridized carbons (Fsp3) is 0.667. The second-order valence-corrected chi connectivity index (χ2v) is 10.3. The number of ether oxygens (including phenoxy) is 1. The van der Waals surface area contributed by atoms with Gasteiger partial charge in [-0.15, -0.1) is 0 Å². The van der Waals surface area contributed by atoms with Gasteiger partial charge in [0.25, 0.3) is 0 Å². The van der Waals surface area contributed by atoms with Crippen molar-refractivity contribution in [2.45, 2.75) is 97.2 Å². The van der Waals surface area contributed by atoms with Gasteiger partial charge in [0.1, 0.15) is 23.4 Å². The van der Waals surface area contributed by atoms with Gasteiger partial charge in [-0.1, -0.05) is 64.2 Å². The number of hydrogen-bond donors (Lipinski definition) is 4. The van der Waals surface area contributed by atoms with E-state index in [1.165, 1.54) is 11.0 Å². The molecule has 204 valence electrons. The number of benzene rings is 1. The molecule has 0 aliphatic rings. The lowest BCUT2D eigenvalue weighted by Crippen LogP contribution is -2.54. The number of rotatable bonds is 15. The fourth-order valence-corrected chi connectivity index (χ4v) is 4.01. The molecule has 0 heterocycles. The summed E-state index contributed by atoms with van der Waals surface area (Å²) in [6.45, 7) is 10.2. The number of phenolic OH excluding ortho intramolecular Hbond substituents is 1. The first-order valence-electron chi connectivity index (χ1n) is 13.0. The minimum Gasteiger partial charge on any atom is -0.508 e. The van der Waals surface area contributed by atoms with Crippen LogP contribution in [0.5, 0.6) is 5.75 Å². The molecular weight excluding hydrogens is 478 g/mol. The summed E-state index contributed by atoms with van der Waals surface area (Å²) in [6.07, 6.45) is 5.66. The Morgan fingerprint density at radius 1 is 1.03 bits per heavy atom. The summed E-state index contributed by atoms with van der Waals surface area (Å²) < 4.78 is 5.33. The van der Waals surface area contributed by atoms with Gasteiger partial charge in [-0.25, -0.2) is 4.79 Å². The van der Waals surface area contributed by atoms with Crippen LogP contribution >= 0.6 is 12.6 Å². The molecule has 0 fully saturated rings. The van der Waals surface area contributed by atoms with E-state index >= 15 is 0 Å². The van der Waals surface area contributed by atoms with Gasteiger partial charge in [-0.05, 0) is 39.7 Å². The predicted molar refractivity (Wildman–Crippen MR) is 146 cm³/mol. The van der Waals surface area contributed by atoms with E-state index in [4.69, 9.17) is 4.74 Å². The van der Waals surface area contributed by atoms with Gasteiger partial charge in [-0.3, -0.25) is 9.59 Å². The molecule has 2 atom stereocenters. The Morgan fingerprint density at radius 3 is 2.25 bits per heavy atom. The number of amides is 3. The number of alkyl carbamates (subject to hydrolysis) is 1. The molecule has 0 radical (unpaired) electrons. The van der Waals surface area contributed by atoms with Crippen LogP contribution in [0.25, 0.3) is 0 Å². The van der Waals surface area contributed by atoms with Gasteiger partial charge in [0, 0.05) is 24.4 Å². The highest BCUT2D eigenvalue weighted by Gasteiger charge is 2.36. The lowest BCUT2D eigenvalue weighted by atomic mass is 10.0. The normalized spacial score (nSPS) is 12.9. The number of nitrogens with zero attached hydrogens (tertiary/aromatic N) is 1. The molecule has 8 nitrogen and oxygen atoms in total. The fourth-order valence-electron chi connectivity index (χ4n) is 3.76. The molecule has 1 rings (SSSR count). The Balaban J connectivity index is 3.32. The Bertz CT molecular complexity index is 828. The number of hydrogen-bond acceptors (Lipinski definition) is 6. The van der Waals surface area contributed by atoms with Crippen LogP contribution in [0, 0.1) is 0 Å². The monoisotopic (exact) mass is 523 g/mol. The van der Waals surface area contributed by atoms with E-state index in [-0.39, 0.29) is 17.4 Å². The maximum Gasteiger partial charge on any atom is 0.408 e. The van der Waals surface area contributed by atoms with Crippen LogP contribution in [-0.4, -0.2) is 58.4 Å². The molecule has 0 aliphatic carbocycles. The van der Waals surface area contributed by atoms with Crippen molar-refractivity contribution in [3.05, 3.63) is 29.8 Å². The Labute approximate surface area is 222 Å². The molecule has 3 amide bonds. The Morgan fingerprint density at radius 2 is 1.67 bits per heavy atom. The molecule has 3 N–H and O–H groups in total. The van der Waals surface area contributed by atoms with Crippen molar-refractivity contribution in [3.8, 4) is 5.75 Å². The van der Waals surface area contributed by atoms with E-state index in [2.05, 4.69) is 37.1 Å². The molecule has 0 saturated heterocycles. The molecule has 36 heavy (non-hydrogen) atoms. The summed E-state index contributed by atoms with van der Waals surface area (Å²) >= 11 is 4.30. The van der Waals surface area contributed by atoms with Crippen LogP contribution in [0.1, 0.15) is 91.2 Å². The number of unbranched alkanes of at least 4 members (excludes halogenated alkanes) is 5. The smallest absolute Gasteiger partial charge is 0.408 e. The first-order chi connectivity index (χ1) is 17.1. The van der Waals surface area contributed by atoms with Gasteiger partial charge in [0.15, 0.2) is 0 Å². The third kappa shape index (κ3) is 11.1. The van der Waals surface area contributed by atoms with Crippen LogP contribution in [0.4, 0.5) is 4.79 Å². The maximum absolute atomic E-state index is 13.8. The van der Waals surface area contributed by atoms with E-state index in [9.17, 15) is 19.5 Å². The van der Waals surface area contributed by atoms with Crippen LogP contribution in [-0.2, 0) is 14.3 Å². The molecule has 0 aliphatic heterocycles. The average molecular weight is 524 g/mol. The lowest BCUT2D eigenvalue weighted by Gasteiger charge is -2.34. The number of aromatic hydroxyl groups is 1. The Kier molecular flexibility index (Phi) is 14.4. The maximum atomic E-state index is 13.8. The van der Waals surface area contributed by atoms with Crippen LogP contribution in [0.15, 0.2) is 24.3 Å². The number of carbonyl (C=O) groups is 3. The number of phenols is 1. The minimum absolute atomic E-state index is 0.0230. The molecule has 1 aromatic rings. The topological polar surface area (TPSA) is 108 Å². The third-order valence-electron chi connectivity index (χ3n) is 5.58. The van der Waals surface area contributed by atoms with E-state index in [0.29, 0.717) is 25.1 Å². The highest BCUT2D eigenvalue weighted by atomic mass is 32.1. The van der Waals surface area contributed by atoms with Crippen molar-refractivity contribution in [2.24, 2.45) is 0 Å². The van der Waals surface area contributed by atoms with Crippen molar-refractivity contribution in [3.63, 3.8) is 0 Å².